The lowest BCUT2D eigenvalue weighted by molar-refractivity contribution is 0.0999. The van der Waals surface area contributed by atoms with Crippen LogP contribution in [-0.2, 0) is 0 Å². The number of amides is 2. The van der Waals surface area contributed by atoms with Gasteiger partial charge >= 0.3 is 0 Å². The Kier molecular flexibility index (Phi) is 4.50. The number of anilines is 1. The molecule has 0 spiro atoms. The van der Waals surface area contributed by atoms with E-state index in [0.29, 0.717) is 29.0 Å². The molecular weight excluding hydrogens is 266 g/mol. The van der Waals surface area contributed by atoms with Gasteiger partial charge in [-0.1, -0.05) is 20.3 Å². The Bertz CT molecular complexity index is 514. The van der Waals surface area contributed by atoms with E-state index in [9.17, 15) is 9.59 Å². The summed E-state index contributed by atoms with van der Waals surface area (Å²) < 4.78 is 0. The molecular formula is C16H23N3O2. The second-order valence-corrected chi connectivity index (χ2v) is 6.08. The van der Waals surface area contributed by atoms with Crippen molar-refractivity contribution in [2.45, 2.75) is 39.2 Å². The third-order valence-corrected chi connectivity index (χ3v) is 4.38. The largest absolute Gasteiger partial charge is 0.382 e. The minimum Gasteiger partial charge on any atom is -0.382 e. The van der Waals surface area contributed by atoms with Crippen LogP contribution in [0, 0.1) is 11.8 Å². The Labute approximate surface area is 125 Å². The molecule has 21 heavy (non-hydrogen) atoms. The van der Waals surface area contributed by atoms with E-state index in [1.165, 1.54) is 25.3 Å². The first kappa shape index (κ1) is 15.4. The molecule has 5 heteroatoms. The van der Waals surface area contributed by atoms with Crippen molar-refractivity contribution in [3.05, 3.63) is 29.3 Å². The maximum absolute atomic E-state index is 11.4. The van der Waals surface area contributed by atoms with Crippen LogP contribution in [0.5, 0.6) is 0 Å². The molecule has 2 rings (SSSR count). The molecule has 1 saturated carbocycles. The van der Waals surface area contributed by atoms with E-state index in [2.05, 4.69) is 19.2 Å². The summed E-state index contributed by atoms with van der Waals surface area (Å²) in [6.07, 6.45) is 3.61. The lowest BCUT2D eigenvalue weighted by Gasteiger charge is -2.36. The third kappa shape index (κ3) is 3.54. The summed E-state index contributed by atoms with van der Waals surface area (Å²) in [5.41, 5.74) is 12.0. The molecule has 1 aliphatic rings. The van der Waals surface area contributed by atoms with E-state index in [0.717, 1.165) is 5.69 Å². The molecule has 0 aliphatic heterocycles. The van der Waals surface area contributed by atoms with Crippen molar-refractivity contribution in [1.29, 1.82) is 0 Å². The van der Waals surface area contributed by atoms with Crippen LogP contribution >= 0.6 is 0 Å². The Morgan fingerprint density at radius 3 is 1.90 bits per heavy atom. The first-order chi connectivity index (χ1) is 9.88. The predicted octanol–water partition coefficient (Wildman–Crippen LogP) is 2.12. The molecule has 1 fully saturated rings. The van der Waals surface area contributed by atoms with Crippen molar-refractivity contribution in [3.8, 4) is 0 Å². The fourth-order valence-electron chi connectivity index (χ4n) is 3.15. The maximum Gasteiger partial charge on any atom is 0.248 e. The molecule has 0 bridgehead atoms. The summed E-state index contributed by atoms with van der Waals surface area (Å²) in [5.74, 6) is -0.0391. The summed E-state index contributed by atoms with van der Waals surface area (Å²) in [6.45, 7) is 4.44. The van der Waals surface area contributed by atoms with Crippen molar-refractivity contribution in [1.82, 2.24) is 0 Å². The summed E-state index contributed by atoms with van der Waals surface area (Å²) in [7, 11) is 0. The van der Waals surface area contributed by atoms with Crippen LogP contribution in [0.2, 0.25) is 0 Å². The van der Waals surface area contributed by atoms with Gasteiger partial charge in [-0.3, -0.25) is 9.59 Å². The number of carbonyl (C=O) groups is 2. The minimum absolute atomic E-state index is 0.296. The maximum atomic E-state index is 11.4. The molecule has 2 unspecified atom stereocenters. The fourth-order valence-corrected chi connectivity index (χ4v) is 3.15. The van der Waals surface area contributed by atoms with E-state index in [1.807, 2.05) is 0 Å². The third-order valence-electron chi connectivity index (χ3n) is 4.38. The molecule has 0 radical (unpaired) electrons. The van der Waals surface area contributed by atoms with E-state index >= 15 is 0 Å². The standard InChI is InChI=1S/C16H23N3O2/c1-9-4-3-5-10(2)14(9)19-13-7-11(15(17)20)6-12(8-13)16(18)21/h6-10,14,19H,3-5H2,1-2H3,(H2,17,20)(H2,18,21). The molecule has 2 amide bonds. The van der Waals surface area contributed by atoms with Crippen LogP contribution in [0.25, 0.3) is 0 Å². The molecule has 1 aromatic carbocycles. The monoisotopic (exact) mass is 289 g/mol. The topological polar surface area (TPSA) is 98.2 Å². The van der Waals surface area contributed by atoms with E-state index in [4.69, 9.17) is 11.5 Å². The summed E-state index contributed by atoms with van der Waals surface area (Å²) in [6, 6.07) is 5.12. The molecule has 1 aromatic rings. The van der Waals surface area contributed by atoms with Crippen LogP contribution in [-0.4, -0.2) is 17.9 Å². The number of carbonyl (C=O) groups excluding carboxylic acids is 2. The molecule has 0 heterocycles. The van der Waals surface area contributed by atoms with Crippen molar-refractivity contribution in [2.75, 3.05) is 5.32 Å². The lowest BCUT2D eigenvalue weighted by atomic mass is 9.78. The van der Waals surface area contributed by atoms with Crippen LogP contribution in [0.15, 0.2) is 18.2 Å². The number of rotatable bonds is 4. The van der Waals surface area contributed by atoms with Gasteiger partial charge in [0.25, 0.3) is 0 Å². The van der Waals surface area contributed by atoms with Gasteiger partial charge in [-0.15, -0.1) is 0 Å². The van der Waals surface area contributed by atoms with Crippen molar-refractivity contribution in [3.63, 3.8) is 0 Å². The quantitative estimate of drug-likeness (QED) is 0.791. The van der Waals surface area contributed by atoms with E-state index in [-0.39, 0.29) is 0 Å². The van der Waals surface area contributed by atoms with Crippen molar-refractivity contribution < 1.29 is 9.59 Å². The molecule has 5 nitrogen and oxygen atoms in total. The fraction of sp³-hybridized carbons (Fsp3) is 0.500. The molecule has 5 N–H and O–H groups in total. The number of nitrogens with two attached hydrogens (primary N) is 2. The number of nitrogens with one attached hydrogen (secondary N) is 1. The SMILES string of the molecule is CC1CCCC(C)C1Nc1cc(C(N)=O)cc(C(N)=O)c1. The number of hydrogen-bond donors (Lipinski definition) is 3. The first-order valence-corrected chi connectivity index (χ1v) is 7.39. The highest BCUT2D eigenvalue weighted by atomic mass is 16.1. The highest BCUT2D eigenvalue weighted by Gasteiger charge is 2.27. The van der Waals surface area contributed by atoms with Crippen LogP contribution in [0.4, 0.5) is 5.69 Å². The number of hydrogen-bond acceptors (Lipinski definition) is 3. The van der Waals surface area contributed by atoms with Gasteiger partial charge in [0.2, 0.25) is 11.8 Å². The lowest BCUT2D eigenvalue weighted by Crippen LogP contribution is -2.37. The molecule has 114 valence electrons. The Hall–Kier alpha value is -2.04. The van der Waals surface area contributed by atoms with Crippen molar-refractivity contribution in [2.24, 2.45) is 23.3 Å². The normalized spacial score (nSPS) is 25.3. The zero-order valence-corrected chi connectivity index (χ0v) is 12.6. The molecule has 0 aromatic heterocycles. The van der Waals surface area contributed by atoms with E-state index in [1.54, 1.807) is 12.1 Å². The Morgan fingerprint density at radius 2 is 1.48 bits per heavy atom. The first-order valence-electron chi connectivity index (χ1n) is 7.39. The van der Waals surface area contributed by atoms with Crippen LogP contribution in [0.1, 0.15) is 53.8 Å². The second-order valence-electron chi connectivity index (χ2n) is 6.08. The zero-order chi connectivity index (χ0) is 15.6. The summed E-state index contributed by atoms with van der Waals surface area (Å²) in [5, 5.41) is 3.46. The van der Waals surface area contributed by atoms with Gasteiger partial charge < -0.3 is 16.8 Å². The second kappa shape index (κ2) is 6.16. The van der Waals surface area contributed by atoms with Crippen molar-refractivity contribution >= 4 is 17.5 Å². The van der Waals surface area contributed by atoms with Gasteiger partial charge in [-0.2, -0.15) is 0 Å². The van der Waals surface area contributed by atoms with Gasteiger partial charge in [-0.25, -0.2) is 0 Å². The average Bonchev–Trinajstić information content (AvgIpc) is 2.42. The highest BCUT2D eigenvalue weighted by molar-refractivity contribution is 5.99. The number of benzene rings is 1. The van der Waals surface area contributed by atoms with Gasteiger partial charge in [-0.05, 0) is 42.9 Å². The minimum atomic E-state index is -0.564. The summed E-state index contributed by atoms with van der Waals surface area (Å²) in [4.78, 5) is 22.8. The smallest absolute Gasteiger partial charge is 0.248 e. The van der Waals surface area contributed by atoms with Gasteiger partial charge in [0.1, 0.15) is 0 Å². The number of primary amides is 2. The molecule has 0 saturated heterocycles. The predicted molar refractivity (Wildman–Crippen MR) is 83.1 cm³/mol. The zero-order valence-electron chi connectivity index (χ0n) is 12.6. The Morgan fingerprint density at radius 1 is 1.00 bits per heavy atom. The average molecular weight is 289 g/mol. The molecule has 1 aliphatic carbocycles. The van der Waals surface area contributed by atoms with Gasteiger partial charge in [0, 0.05) is 22.9 Å². The van der Waals surface area contributed by atoms with Gasteiger partial charge in [0.05, 0.1) is 0 Å². The highest BCUT2D eigenvalue weighted by Crippen LogP contribution is 2.31. The van der Waals surface area contributed by atoms with Gasteiger partial charge in [0.15, 0.2) is 0 Å². The summed E-state index contributed by atoms with van der Waals surface area (Å²) >= 11 is 0. The van der Waals surface area contributed by atoms with E-state index < -0.39 is 11.8 Å². The van der Waals surface area contributed by atoms with Crippen LogP contribution < -0.4 is 16.8 Å². The molecule has 2 atom stereocenters. The Balaban J connectivity index is 2.30. The van der Waals surface area contributed by atoms with Crippen LogP contribution in [0.3, 0.4) is 0 Å².